The van der Waals surface area contributed by atoms with E-state index in [9.17, 15) is 4.39 Å². The van der Waals surface area contributed by atoms with Crippen molar-refractivity contribution in [1.82, 2.24) is 0 Å². The number of benzene rings is 2. The van der Waals surface area contributed by atoms with Crippen molar-refractivity contribution in [2.75, 3.05) is 18.5 Å². The number of halogens is 3. The van der Waals surface area contributed by atoms with Crippen molar-refractivity contribution < 1.29 is 9.13 Å². The van der Waals surface area contributed by atoms with Crippen LogP contribution in [-0.4, -0.2) is 13.2 Å². The molecule has 2 rings (SSSR count). The van der Waals surface area contributed by atoms with Crippen LogP contribution in [0.4, 0.5) is 10.1 Å². The summed E-state index contributed by atoms with van der Waals surface area (Å²) in [5.74, 6) is 0.359. The minimum atomic E-state index is -0.431. The summed E-state index contributed by atoms with van der Waals surface area (Å²) in [6.45, 7) is 1.06. The lowest BCUT2D eigenvalue weighted by Crippen LogP contribution is -2.11. The van der Waals surface area contributed by atoms with Crippen LogP contribution in [0.15, 0.2) is 46.9 Å². The van der Waals surface area contributed by atoms with Crippen molar-refractivity contribution in [3.63, 3.8) is 0 Å². The molecule has 0 radical (unpaired) electrons. The van der Waals surface area contributed by atoms with E-state index >= 15 is 0 Å². The lowest BCUT2D eigenvalue weighted by molar-refractivity contribution is 0.332. The van der Waals surface area contributed by atoms with Gasteiger partial charge in [-0.25, -0.2) is 4.39 Å². The van der Waals surface area contributed by atoms with Gasteiger partial charge >= 0.3 is 0 Å². The fraction of sp³-hybridized carbons (Fsp3) is 0.143. The summed E-state index contributed by atoms with van der Waals surface area (Å²) in [6, 6.07) is 12.2. The number of hydrogen-bond acceptors (Lipinski definition) is 2. The highest BCUT2D eigenvalue weighted by Crippen LogP contribution is 2.19. The van der Waals surface area contributed by atoms with Gasteiger partial charge in [-0.3, -0.25) is 0 Å². The number of hydrogen-bond donors (Lipinski definition) is 1. The van der Waals surface area contributed by atoms with E-state index in [1.165, 1.54) is 12.1 Å². The van der Waals surface area contributed by atoms with Crippen LogP contribution < -0.4 is 10.1 Å². The van der Waals surface area contributed by atoms with E-state index in [0.717, 1.165) is 10.2 Å². The average molecular weight is 345 g/mol. The topological polar surface area (TPSA) is 21.3 Å². The van der Waals surface area contributed by atoms with Crippen LogP contribution in [0.1, 0.15) is 0 Å². The molecule has 0 atom stereocenters. The van der Waals surface area contributed by atoms with E-state index in [2.05, 4.69) is 21.2 Å². The van der Waals surface area contributed by atoms with E-state index in [0.29, 0.717) is 18.8 Å². The highest BCUT2D eigenvalue weighted by Gasteiger charge is 2.00. The minimum absolute atomic E-state index is 0.121. The molecule has 100 valence electrons. The second-order valence-corrected chi connectivity index (χ2v) is 5.18. The van der Waals surface area contributed by atoms with Gasteiger partial charge in [0.25, 0.3) is 0 Å². The molecule has 0 heterocycles. The molecule has 0 aromatic heterocycles. The second-order valence-electron chi connectivity index (χ2n) is 3.86. The van der Waals surface area contributed by atoms with Crippen LogP contribution in [0.5, 0.6) is 5.75 Å². The highest BCUT2D eigenvalue weighted by atomic mass is 79.9. The Morgan fingerprint density at radius 1 is 1.21 bits per heavy atom. The molecule has 0 saturated carbocycles. The Labute approximate surface area is 124 Å². The van der Waals surface area contributed by atoms with Crippen LogP contribution >= 0.6 is 27.5 Å². The van der Waals surface area contributed by atoms with E-state index in [1.807, 2.05) is 24.3 Å². The molecule has 2 aromatic carbocycles. The maximum Gasteiger partial charge on any atom is 0.143 e. The summed E-state index contributed by atoms with van der Waals surface area (Å²) in [5.41, 5.74) is 0.680. The van der Waals surface area contributed by atoms with E-state index in [4.69, 9.17) is 16.3 Å². The van der Waals surface area contributed by atoms with Crippen LogP contribution in [0.2, 0.25) is 5.02 Å². The van der Waals surface area contributed by atoms with Crippen molar-refractivity contribution in [3.8, 4) is 5.75 Å². The van der Waals surface area contributed by atoms with Gasteiger partial charge in [-0.15, -0.1) is 0 Å². The Kier molecular flexibility index (Phi) is 5.05. The third kappa shape index (κ3) is 4.40. The van der Waals surface area contributed by atoms with Gasteiger partial charge in [0, 0.05) is 16.7 Å². The van der Waals surface area contributed by atoms with Crippen LogP contribution in [-0.2, 0) is 0 Å². The minimum Gasteiger partial charge on any atom is -0.492 e. The molecule has 0 aliphatic carbocycles. The van der Waals surface area contributed by atoms with Crippen molar-refractivity contribution in [2.24, 2.45) is 0 Å². The van der Waals surface area contributed by atoms with Gasteiger partial charge in [-0.1, -0.05) is 33.6 Å². The number of rotatable bonds is 5. The average Bonchev–Trinajstić information content (AvgIpc) is 2.39. The maximum atomic E-state index is 13.2. The molecule has 0 aliphatic heterocycles. The van der Waals surface area contributed by atoms with Crippen LogP contribution in [0.25, 0.3) is 0 Å². The first kappa shape index (κ1) is 14.2. The summed E-state index contributed by atoms with van der Waals surface area (Å²) >= 11 is 8.98. The summed E-state index contributed by atoms with van der Waals surface area (Å²) in [5, 5.41) is 3.18. The summed E-state index contributed by atoms with van der Waals surface area (Å²) in [7, 11) is 0. The van der Waals surface area contributed by atoms with Gasteiger partial charge in [0.15, 0.2) is 0 Å². The first-order chi connectivity index (χ1) is 9.15. The smallest absolute Gasteiger partial charge is 0.143 e. The number of anilines is 1. The van der Waals surface area contributed by atoms with Gasteiger partial charge in [0.05, 0.1) is 5.02 Å². The highest BCUT2D eigenvalue weighted by molar-refractivity contribution is 9.10. The summed E-state index contributed by atoms with van der Waals surface area (Å²) < 4.78 is 19.7. The molecule has 19 heavy (non-hydrogen) atoms. The molecular weight excluding hydrogens is 333 g/mol. The number of ether oxygens (including phenoxy) is 1. The molecule has 0 bridgehead atoms. The lowest BCUT2D eigenvalue weighted by Gasteiger charge is -2.09. The largest absolute Gasteiger partial charge is 0.492 e. The van der Waals surface area contributed by atoms with Gasteiger partial charge in [0.1, 0.15) is 18.2 Å². The molecule has 2 aromatic rings. The molecule has 0 amide bonds. The third-order valence-corrected chi connectivity index (χ3v) is 3.22. The van der Waals surface area contributed by atoms with Crippen molar-refractivity contribution >= 4 is 33.2 Å². The summed E-state index contributed by atoms with van der Waals surface area (Å²) in [4.78, 5) is 0. The van der Waals surface area contributed by atoms with Crippen molar-refractivity contribution in [3.05, 3.63) is 57.8 Å². The second kappa shape index (κ2) is 6.78. The Morgan fingerprint density at radius 3 is 2.79 bits per heavy atom. The van der Waals surface area contributed by atoms with Gasteiger partial charge in [0.2, 0.25) is 0 Å². The van der Waals surface area contributed by atoms with Gasteiger partial charge < -0.3 is 10.1 Å². The fourth-order valence-corrected chi connectivity index (χ4v) is 2.02. The van der Waals surface area contributed by atoms with Crippen molar-refractivity contribution in [1.29, 1.82) is 0 Å². The Morgan fingerprint density at radius 2 is 2.05 bits per heavy atom. The molecule has 1 N–H and O–H groups in total. The van der Waals surface area contributed by atoms with Crippen LogP contribution in [0.3, 0.4) is 0 Å². The molecule has 0 unspecified atom stereocenters. The van der Waals surface area contributed by atoms with Crippen LogP contribution in [0, 0.1) is 5.82 Å². The molecule has 0 saturated heterocycles. The third-order valence-electron chi connectivity index (χ3n) is 2.42. The monoisotopic (exact) mass is 343 g/mol. The van der Waals surface area contributed by atoms with E-state index in [-0.39, 0.29) is 5.02 Å². The zero-order chi connectivity index (χ0) is 13.7. The van der Waals surface area contributed by atoms with Gasteiger partial charge in [-0.05, 0) is 36.4 Å². The predicted molar refractivity (Wildman–Crippen MR) is 79.5 cm³/mol. The quantitative estimate of drug-likeness (QED) is 0.792. The summed E-state index contributed by atoms with van der Waals surface area (Å²) in [6.07, 6.45) is 0. The number of nitrogens with one attached hydrogen (secondary N) is 1. The molecule has 0 fully saturated rings. The molecule has 0 aliphatic rings. The standard InChI is InChI=1S/C14H12BrClFNO/c15-10-2-1-3-12(8-10)19-7-6-18-11-4-5-13(16)14(17)9-11/h1-5,8-9,18H,6-7H2. The van der Waals surface area contributed by atoms with Gasteiger partial charge in [-0.2, -0.15) is 0 Å². The SMILES string of the molecule is Fc1cc(NCCOc2cccc(Br)c2)ccc1Cl. The Bertz CT molecular complexity index is 565. The van der Waals surface area contributed by atoms with E-state index in [1.54, 1.807) is 6.07 Å². The first-order valence-corrected chi connectivity index (χ1v) is 6.89. The first-order valence-electron chi connectivity index (χ1n) is 5.72. The molecule has 5 heteroatoms. The predicted octanol–water partition coefficient (Wildman–Crippen LogP) is 4.73. The van der Waals surface area contributed by atoms with E-state index < -0.39 is 5.82 Å². The Balaban J connectivity index is 1.79. The Hall–Kier alpha value is -1.26. The maximum absolute atomic E-state index is 13.2. The van der Waals surface area contributed by atoms with Crippen molar-refractivity contribution in [2.45, 2.75) is 0 Å². The molecule has 0 spiro atoms. The fourth-order valence-electron chi connectivity index (χ4n) is 1.53. The zero-order valence-corrected chi connectivity index (χ0v) is 12.3. The molecular formula is C14H12BrClFNO. The lowest BCUT2D eigenvalue weighted by atomic mass is 10.3. The molecule has 2 nitrogen and oxygen atoms in total. The normalized spacial score (nSPS) is 10.3. The zero-order valence-electron chi connectivity index (χ0n) is 10.00.